The summed E-state index contributed by atoms with van der Waals surface area (Å²) in [6.07, 6.45) is 2.49. The quantitative estimate of drug-likeness (QED) is 0.688. The normalized spacial score (nSPS) is 19.3. The fourth-order valence-electron chi connectivity index (χ4n) is 3.78. The summed E-state index contributed by atoms with van der Waals surface area (Å²) in [6, 6.07) is 14.4. The first-order valence-corrected chi connectivity index (χ1v) is 11.0. The van der Waals surface area contributed by atoms with Gasteiger partial charge in [-0.05, 0) is 54.8 Å². The molecular formula is C23H25FN2O3S. The molecule has 0 aromatic heterocycles. The molecule has 0 N–H and O–H groups in total. The molecule has 1 unspecified atom stereocenters. The van der Waals surface area contributed by atoms with E-state index in [0.717, 1.165) is 34.8 Å². The summed E-state index contributed by atoms with van der Waals surface area (Å²) in [4.78, 5) is 21.3. The van der Waals surface area contributed by atoms with Crippen molar-refractivity contribution >= 4 is 23.4 Å². The van der Waals surface area contributed by atoms with Crippen molar-refractivity contribution in [1.29, 1.82) is 0 Å². The van der Waals surface area contributed by atoms with E-state index in [1.54, 1.807) is 18.9 Å². The molecule has 0 radical (unpaired) electrons. The van der Waals surface area contributed by atoms with Crippen LogP contribution in [0.3, 0.4) is 0 Å². The molecule has 2 aliphatic rings. The van der Waals surface area contributed by atoms with Crippen LogP contribution >= 0.6 is 11.8 Å². The van der Waals surface area contributed by atoms with Gasteiger partial charge in [0.1, 0.15) is 11.6 Å². The lowest BCUT2D eigenvalue weighted by Crippen LogP contribution is -2.44. The monoisotopic (exact) mass is 428 g/mol. The number of methoxy groups -OCH3 is 1. The van der Waals surface area contributed by atoms with Crippen molar-refractivity contribution in [2.24, 2.45) is 5.16 Å². The average Bonchev–Trinajstić information content (AvgIpc) is 3.24. The molecule has 4 rings (SSSR count). The fourth-order valence-corrected chi connectivity index (χ4v) is 4.91. The van der Waals surface area contributed by atoms with Crippen LogP contribution in [0.25, 0.3) is 0 Å². The van der Waals surface area contributed by atoms with Crippen LogP contribution < -0.4 is 4.74 Å². The molecule has 2 aliphatic heterocycles. The minimum absolute atomic E-state index is 0.0182. The number of hydrogen-bond acceptors (Lipinski definition) is 5. The minimum atomic E-state index is -0.521. The Morgan fingerprint density at radius 3 is 2.73 bits per heavy atom. The second kappa shape index (κ2) is 9.51. The lowest BCUT2D eigenvalue weighted by molar-refractivity contribution is -0.142. The average molecular weight is 429 g/mol. The Balaban J connectivity index is 1.24. The lowest BCUT2D eigenvalue weighted by Gasteiger charge is -2.32. The van der Waals surface area contributed by atoms with E-state index in [4.69, 9.17) is 9.57 Å². The summed E-state index contributed by atoms with van der Waals surface area (Å²) in [5.74, 6) is 0.606. The van der Waals surface area contributed by atoms with Gasteiger partial charge in [0.25, 0.3) is 5.91 Å². The highest BCUT2D eigenvalue weighted by molar-refractivity contribution is 8.00. The van der Waals surface area contributed by atoms with Gasteiger partial charge in [0.15, 0.2) is 0 Å². The zero-order valence-electron chi connectivity index (χ0n) is 16.9. The highest BCUT2D eigenvalue weighted by Gasteiger charge is 2.33. The number of likely N-dealkylation sites (tertiary alicyclic amines) is 1. The molecule has 0 spiro atoms. The Hall–Kier alpha value is -2.54. The molecule has 2 aromatic carbocycles. The molecule has 1 fully saturated rings. The number of rotatable bonds is 6. The van der Waals surface area contributed by atoms with E-state index in [-0.39, 0.29) is 11.7 Å². The smallest absolute Gasteiger partial charge is 0.266 e. The fraction of sp³-hybridized carbons (Fsp3) is 0.391. The van der Waals surface area contributed by atoms with Crippen LogP contribution in [0.5, 0.6) is 5.75 Å². The van der Waals surface area contributed by atoms with Gasteiger partial charge in [-0.2, -0.15) is 0 Å². The Morgan fingerprint density at radius 2 is 2.00 bits per heavy atom. The summed E-state index contributed by atoms with van der Waals surface area (Å²) >= 11 is 1.76. The van der Waals surface area contributed by atoms with Crippen molar-refractivity contribution in [1.82, 2.24) is 4.90 Å². The third-order valence-corrected chi connectivity index (χ3v) is 6.77. The van der Waals surface area contributed by atoms with Gasteiger partial charge in [0, 0.05) is 36.1 Å². The van der Waals surface area contributed by atoms with E-state index in [1.807, 2.05) is 41.3 Å². The summed E-state index contributed by atoms with van der Waals surface area (Å²) < 4.78 is 18.3. The molecule has 0 aliphatic carbocycles. The standard InChI is InChI=1S/C23H25FN2O3S/c1-28-19-4-2-3-16(14-19)13-18-15-22(29-25-18)23(27)26-11-9-21(10-12-26)30-20-7-5-17(24)6-8-20/h2-8,14,21-22H,9-13,15H2,1H3. The molecule has 1 saturated heterocycles. The summed E-state index contributed by atoms with van der Waals surface area (Å²) in [5.41, 5.74) is 1.96. The zero-order valence-corrected chi connectivity index (χ0v) is 17.7. The van der Waals surface area contributed by atoms with E-state index in [2.05, 4.69) is 5.16 Å². The number of carbonyl (C=O) groups is 1. The molecular weight excluding hydrogens is 403 g/mol. The van der Waals surface area contributed by atoms with Crippen LogP contribution in [0.4, 0.5) is 4.39 Å². The summed E-state index contributed by atoms with van der Waals surface area (Å²) in [6.45, 7) is 1.42. The van der Waals surface area contributed by atoms with Crippen LogP contribution in [0, 0.1) is 5.82 Å². The SMILES string of the molecule is COc1cccc(CC2=NOC(C(=O)N3CCC(Sc4ccc(F)cc4)CC3)C2)c1. The first kappa shape index (κ1) is 20.7. The maximum absolute atomic E-state index is 13.1. The molecule has 0 bridgehead atoms. The number of amides is 1. The second-order valence-corrected chi connectivity index (χ2v) is 8.95. The number of halogens is 1. The molecule has 7 heteroatoms. The molecule has 2 aromatic rings. The molecule has 0 saturated carbocycles. The lowest BCUT2D eigenvalue weighted by atomic mass is 10.0. The Morgan fingerprint density at radius 1 is 1.23 bits per heavy atom. The number of benzene rings is 2. The van der Waals surface area contributed by atoms with Crippen molar-refractivity contribution in [3.63, 3.8) is 0 Å². The van der Waals surface area contributed by atoms with Crippen LogP contribution in [0.2, 0.25) is 0 Å². The van der Waals surface area contributed by atoms with Gasteiger partial charge in [0.05, 0.1) is 12.8 Å². The van der Waals surface area contributed by atoms with Gasteiger partial charge in [-0.1, -0.05) is 17.3 Å². The van der Waals surface area contributed by atoms with Crippen LogP contribution in [0.1, 0.15) is 24.8 Å². The highest BCUT2D eigenvalue weighted by Crippen LogP contribution is 2.31. The number of piperidine rings is 1. The maximum atomic E-state index is 13.1. The third kappa shape index (κ3) is 5.14. The van der Waals surface area contributed by atoms with Gasteiger partial charge >= 0.3 is 0 Å². The van der Waals surface area contributed by atoms with Crippen LogP contribution in [0.15, 0.2) is 58.6 Å². The molecule has 158 valence electrons. The number of hydrogen-bond donors (Lipinski definition) is 0. The van der Waals surface area contributed by atoms with Gasteiger partial charge in [0.2, 0.25) is 6.10 Å². The highest BCUT2D eigenvalue weighted by atomic mass is 32.2. The van der Waals surface area contributed by atoms with Crippen molar-refractivity contribution in [2.75, 3.05) is 20.2 Å². The summed E-state index contributed by atoms with van der Waals surface area (Å²) in [5, 5.41) is 4.59. The Labute approximate surface area is 180 Å². The molecule has 30 heavy (non-hydrogen) atoms. The van der Waals surface area contributed by atoms with E-state index >= 15 is 0 Å². The van der Waals surface area contributed by atoms with E-state index < -0.39 is 6.10 Å². The molecule has 2 heterocycles. The number of thioether (sulfide) groups is 1. The zero-order chi connectivity index (χ0) is 20.9. The van der Waals surface area contributed by atoms with Crippen molar-refractivity contribution in [3.05, 3.63) is 59.9 Å². The Kier molecular flexibility index (Phi) is 6.57. The van der Waals surface area contributed by atoms with E-state index in [9.17, 15) is 9.18 Å². The Bertz CT molecular complexity index is 911. The van der Waals surface area contributed by atoms with Crippen LogP contribution in [-0.2, 0) is 16.1 Å². The maximum Gasteiger partial charge on any atom is 0.266 e. The largest absolute Gasteiger partial charge is 0.497 e. The molecule has 5 nitrogen and oxygen atoms in total. The first-order chi connectivity index (χ1) is 14.6. The van der Waals surface area contributed by atoms with Crippen molar-refractivity contribution in [2.45, 2.75) is 41.9 Å². The topological polar surface area (TPSA) is 51.1 Å². The second-order valence-electron chi connectivity index (χ2n) is 7.58. The number of ether oxygens (including phenoxy) is 1. The van der Waals surface area contributed by atoms with Gasteiger partial charge in [-0.25, -0.2) is 4.39 Å². The molecule has 1 atom stereocenters. The van der Waals surface area contributed by atoms with Gasteiger partial charge < -0.3 is 14.5 Å². The number of carbonyl (C=O) groups excluding carboxylic acids is 1. The van der Waals surface area contributed by atoms with Gasteiger partial charge in [-0.3, -0.25) is 4.79 Å². The number of nitrogens with zero attached hydrogens (tertiary/aromatic N) is 2. The van der Waals surface area contributed by atoms with Crippen molar-refractivity contribution in [3.8, 4) is 5.75 Å². The molecule has 1 amide bonds. The predicted molar refractivity (Wildman–Crippen MR) is 115 cm³/mol. The first-order valence-electron chi connectivity index (χ1n) is 10.2. The summed E-state index contributed by atoms with van der Waals surface area (Å²) in [7, 11) is 1.64. The van der Waals surface area contributed by atoms with Crippen molar-refractivity contribution < 1.29 is 18.8 Å². The van der Waals surface area contributed by atoms with Crippen LogP contribution in [-0.4, -0.2) is 48.1 Å². The van der Waals surface area contributed by atoms with E-state index in [0.29, 0.717) is 31.2 Å². The number of oxime groups is 1. The third-order valence-electron chi connectivity index (χ3n) is 5.42. The van der Waals surface area contributed by atoms with Gasteiger partial charge in [-0.15, -0.1) is 11.8 Å². The predicted octanol–water partition coefficient (Wildman–Crippen LogP) is 4.31. The minimum Gasteiger partial charge on any atom is -0.497 e. The van der Waals surface area contributed by atoms with E-state index in [1.165, 1.54) is 12.1 Å².